The molecule has 7 nitrogen and oxygen atoms in total. The predicted molar refractivity (Wildman–Crippen MR) is 134 cm³/mol. The number of hydrogen-bond acceptors (Lipinski definition) is 6. The second-order valence-corrected chi connectivity index (χ2v) is 8.67. The molecule has 1 amide bonds. The van der Waals surface area contributed by atoms with Gasteiger partial charge in [0, 0.05) is 53.8 Å². The molecule has 2 aromatic carbocycles. The molecule has 34 heavy (non-hydrogen) atoms. The minimum atomic E-state index is -1.57. The van der Waals surface area contributed by atoms with Crippen LogP contribution in [0.3, 0.4) is 0 Å². The van der Waals surface area contributed by atoms with Crippen LogP contribution in [0.5, 0.6) is 0 Å². The largest absolute Gasteiger partial charge is 0.378 e. The fraction of sp³-hybridized carbons (Fsp3) is 0.231. The summed E-state index contributed by atoms with van der Waals surface area (Å²) < 4.78 is 5.43. The Morgan fingerprint density at radius 2 is 1.88 bits per heavy atom. The maximum absolute atomic E-state index is 12.6. The summed E-state index contributed by atoms with van der Waals surface area (Å²) in [6.07, 6.45) is 5.55. The lowest BCUT2D eigenvalue weighted by molar-refractivity contribution is -0.110. The third-order valence-corrected chi connectivity index (χ3v) is 6.39. The van der Waals surface area contributed by atoms with Gasteiger partial charge in [-0.1, -0.05) is 35.9 Å². The molecule has 1 aliphatic carbocycles. The highest BCUT2D eigenvalue weighted by Gasteiger charge is 2.26. The fourth-order valence-electron chi connectivity index (χ4n) is 4.25. The molecule has 1 saturated heterocycles. The molecule has 174 valence electrons. The summed E-state index contributed by atoms with van der Waals surface area (Å²) in [6.45, 7) is 3.19. The predicted octanol–water partition coefficient (Wildman–Crippen LogP) is 3.77. The molecule has 0 radical (unpaired) electrons. The number of ether oxygens (including phenoxy) is 1. The van der Waals surface area contributed by atoms with Crippen LogP contribution in [0.15, 0.2) is 71.4 Å². The Bertz CT molecular complexity index is 1240. The van der Waals surface area contributed by atoms with E-state index in [1.807, 2.05) is 18.2 Å². The number of halogens is 1. The first-order chi connectivity index (χ1) is 16.5. The molecular formula is C26H24ClN3O4. The van der Waals surface area contributed by atoms with Crippen LogP contribution in [0.2, 0.25) is 5.02 Å². The first kappa shape index (κ1) is 22.6. The van der Waals surface area contributed by atoms with Crippen LogP contribution >= 0.6 is 11.6 Å². The Kier molecular flexibility index (Phi) is 6.34. The van der Waals surface area contributed by atoms with E-state index in [0.717, 1.165) is 48.7 Å². The van der Waals surface area contributed by atoms with Gasteiger partial charge in [-0.3, -0.25) is 9.79 Å². The van der Waals surface area contributed by atoms with Crippen molar-refractivity contribution < 1.29 is 19.7 Å². The van der Waals surface area contributed by atoms with Crippen molar-refractivity contribution in [2.75, 3.05) is 36.5 Å². The number of fused-ring (bicyclic) bond motifs is 1. The van der Waals surface area contributed by atoms with E-state index >= 15 is 0 Å². The third-order valence-electron chi connectivity index (χ3n) is 6.07. The second kappa shape index (κ2) is 9.56. The summed E-state index contributed by atoms with van der Waals surface area (Å²) in [5.41, 5.74) is 5.71. The number of aliphatic hydroxyl groups is 2. The molecule has 3 aliphatic rings. The van der Waals surface area contributed by atoms with Gasteiger partial charge in [0.1, 0.15) is 0 Å². The maximum Gasteiger partial charge on any atom is 0.257 e. The van der Waals surface area contributed by atoms with E-state index in [4.69, 9.17) is 16.3 Å². The molecule has 1 fully saturated rings. The van der Waals surface area contributed by atoms with Gasteiger partial charge in [-0.05, 0) is 35.9 Å². The highest BCUT2D eigenvalue weighted by molar-refractivity contribution is 6.36. The van der Waals surface area contributed by atoms with E-state index in [1.54, 1.807) is 24.3 Å². The average molecular weight is 478 g/mol. The van der Waals surface area contributed by atoms with Crippen molar-refractivity contribution in [3.05, 3.63) is 77.0 Å². The van der Waals surface area contributed by atoms with Gasteiger partial charge >= 0.3 is 0 Å². The van der Waals surface area contributed by atoms with Crippen LogP contribution in [0.4, 0.5) is 11.4 Å². The fourth-order valence-corrected chi connectivity index (χ4v) is 4.52. The molecular weight excluding hydrogens is 454 g/mol. The van der Waals surface area contributed by atoms with Crippen molar-refractivity contribution in [2.24, 2.45) is 4.99 Å². The first-order valence-corrected chi connectivity index (χ1v) is 11.5. The van der Waals surface area contributed by atoms with Crippen LogP contribution in [0, 0.1) is 0 Å². The van der Waals surface area contributed by atoms with Crippen molar-refractivity contribution in [1.82, 2.24) is 0 Å². The number of rotatable bonds is 4. The zero-order chi connectivity index (χ0) is 23.7. The Labute approximate surface area is 202 Å². The quantitative estimate of drug-likeness (QED) is 0.460. The molecule has 0 spiro atoms. The SMILES string of the molecule is O=C1Nc2cc(Cl)c(-c3ccc(N4CCOCC4)cc3)cc2C1=CN=C1C=C(C(O)O)C=CC1. The Morgan fingerprint density at radius 1 is 1.12 bits per heavy atom. The van der Waals surface area contributed by atoms with Gasteiger partial charge < -0.3 is 25.2 Å². The van der Waals surface area contributed by atoms with E-state index in [9.17, 15) is 15.0 Å². The molecule has 0 bridgehead atoms. The Hall–Kier alpha value is -3.23. The monoisotopic (exact) mass is 477 g/mol. The lowest BCUT2D eigenvalue weighted by atomic mass is 9.99. The molecule has 2 heterocycles. The summed E-state index contributed by atoms with van der Waals surface area (Å²) in [5, 5.41) is 22.2. The van der Waals surface area contributed by atoms with E-state index in [2.05, 4.69) is 27.3 Å². The first-order valence-electron chi connectivity index (χ1n) is 11.1. The van der Waals surface area contributed by atoms with Crippen molar-refractivity contribution in [1.29, 1.82) is 0 Å². The summed E-state index contributed by atoms with van der Waals surface area (Å²) in [7, 11) is 0. The number of amides is 1. The van der Waals surface area contributed by atoms with E-state index in [1.165, 1.54) is 6.20 Å². The molecule has 8 heteroatoms. The minimum absolute atomic E-state index is 0.257. The molecule has 0 aromatic heterocycles. The highest BCUT2D eigenvalue weighted by Crippen LogP contribution is 2.40. The van der Waals surface area contributed by atoms with Gasteiger partial charge in [-0.2, -0.15) is 0 Å². The van der Waals surface area contributed by atoms with Crippen LogP contribution in [-0.2, 0) is 9.53 Å². The number of morpholine rings is 1. The highest BCUT2D eigenvalue weighted by atomic mass is 35.5. The average Bonchev–Trinajstić information content (AvgIpc) is 3.16. The van der Waals surface area contributed by atoms with E-state index in [0.29, 0.717) is 34.0 Å². The van der Waals surface area contributed by atoms with Gasteiger partial charge in [0.2, 0.25) is 0 Å². The van der Waals surface area contributed by atoms with E-state index in [-0.39, 0.29) is 5.91 Å². The summed E-state index contributed by atoms with van der Waals surface area (Å²) >= 11 is 6.58. The molecule has 3 N–H and O–H groups in total. The number of nitrogens with one attached hydrogen (secondary N) is 1. The topological polar surface area (TPSA) is 94.4 Å². The molecule has 2 aromatic rings. The number of hydrogen-bond donors (Lipinski definition) is 3. The number of carbonyl (C=O) groups excluding carboxylic acids is 1. The van der Waals surface area contributed by atoms with Gasteiger partial charge in [0.05, 0.1) is 29.5 Å². The number of nitrogens with zero attached hydrogens (tertiary/aromatic N) is 2. The second-order valence-electron chi connectivity index (χ2n) is 8.27. The summed E-state index contributed by atoms with van der Waals surface area (Å²) in [6, 6.07) is 11.9. The normalized spacial score (nSPS) is 20.2. The zero-order valence-electron chi connectivity index (χ0n) is 18.4. The molecule has 0 saturated carbocycles. The van der Waals surface area contributed by atoms with Crippen LogP contribution < -0.4 is 10.2 Å². The number of aliphatic hydroxyl groups excluding tert-OH is 1. The van der Waals surface area contributed by atoms with Crippen molar-refractivity contribution in [3.8, 4) is 11.1 Å². The van der Waals surface area contributed by atoms with Crippen molar-refractivity contribution in [3.63, 3.8) is 0 Å². The Balaban J connectivity index is 1.45. The molecule has 0 atom stereocenters. The summed E-state index contributed by atoms with van der Waals surface area (Å²) in [5.74, 6) is -0.257. The van der Waals surface area contributed by atoms with Gasteiger partial charge in [0.25, 0.3) is 5.91 Å². The number of carbonyl (C=O) groups is 1. The zero-order valence-corrected chi connectivity index (χ0v) is 19.1. The van der Waals surface area contributed by atoms with Crippen LogP contribution in [0.1, 0.15) is 12.0 Å². The number of allylic oxidation sites excluding steroid dienone is 2. The lowest BCUT2D eigenvalue weighted by Crippen LogP contribution is -2.36. The molecule has 2 aliphatic heterocycles. The minimum Gasteiger partial charge on any atom is -0.378 e. The summed E-state index contributed by atoms with van der Waals surface area (Å²) in [4.78, 5) is 19.4. The van der Waals surface area contributed by atoms with Crippen molar-refractivity contribution >= 4 is 40.2 Å². The van der Waals surface area contributed by atoms with Gasteiger partial charge in [-0.25, -0.2) is 0 Å². The third kappa shape index (κ3) is 4.56. The van der Waals surface area contributed by atoms with E-state index < -0.39 is 6.29 Å². The van der Waals surface area contributed by atoms with Crippen molar-refractivity contribution in [2.45, 2.75) is 12.7 Å². The number of benzene rings is 2. The van der Waals surface area contributed by atoms with Gasteiger partial charge in [-0.15, -0.1) is 0 Å². The Morgan fingerprint density at radius 3 is 2.62 bits per heavy atom. The molecule has 5 rings (SSSR count). The standard InChI is InChI=1S/C26H24ClN3O4/c27-23-14-24-21(13-20(23)16-4-6-19(7-5-16)30-8-10-34-11-9-30)22(25(31)29-24)15-28-18-3-1-2-17(12-18)26(32)33/h1-2,4-7,12-15,26,32-33H,3,8-11H2,(H,29,31). The smallest absolute Gasteiger partial charge is 0.257 e. The number of anilines is 2. The lowest BCUT2D eigenvalue weighted by Gasteiger charge is -2.29. The van der Waals surface area contributed by atoms with Gasteiger partial charge in [0.15, 0.2) is 6.29 Å². The van der Waals surface area contributed by atoms with Crippen LogP contribution in [-0.4, -0.2) is 54.4 Å². The number of aliphatic imine (C=N–C) groups is 1. The maximum atomic E-state index is 12.6. The van der Waals surface area contributed by atoms with Crippen LogP contribution in [0.25, 0.3) is 16.7 Å². The molecule has 0 unspecified atom stereocenters.